The molecule has 7 unspecified atom stereocenters. The van der Waals surface area contributed by atoms with Crippen LogP contribution in [0.15, 0.2) is 23.3 Å². The van der Waals surface area contributed by atoms with E-state index >= 15 is 0 Å². The monoisotopic (exact) mass is 458 g/mol. The number of Topliss-reactive ketones (excluding diaryl/α,β-unsaturated/α-hetero) is 1. The number of ether oxygens (including phenoxy) is 1. The Kier molecular flexibility index (Phi) is 5.28. The lowest BCUT2D eigenvalue weighted by atomic mass is 9.59. The van der Waals surface area contributed by atoms with E-state index in [0.29, 0.717) is 11.5 Å². The highest BCUT2D eigenvalue weighted by molar-refractivity contribution is 5.95. The average Bonchev–Trinajstić information content (AvgIpc) is 3.28. The van der Waals surface area contributed by atoms with Gasteiger partial charge in [-0.1, -0.05) is 52.2 Å². The summed E-state index contributed by atoms with van der Waals surface area (Å²) in [5, 5.41) is 34.1. The fourth-order valence-corrected chi connectivity index (χ4v) is 8.14. The van der Waals surface area contributed by atoms with E-state index in [9.17, 15) is 24.9 Å². The molecule has 0 amide bonds. The lowest BCUT2D eigenvalue weighted by molar-refractivity contribution is -0.205. The van der Waals surface area contributed by atoms with E-state index in [1.807, 2.05) is 6.92 Å². The molecule has 5 aliphatic rings. The first-order chi connectivity index (χ1) is 15.5. The summed E-state index contributed by atoms with van der Waals surface area (Å²) in [5.74, 6) is -0.992. The molecule has 3 saturated carbocycles. The Morgan fingerprint density at radius 3 is 2.52 bits per heavy atom. The van der Waals surface area contributed by atoms with Crippen LogP contribution in [0.25, 0.3) is 0 Å². The molecule has 0 aromatic heterocycles. The van der Waals surface area contributed by atoms with Crippen LogP contribution >= 0.6 is 0 Å². The molecule has 0 aliphatic heterocycles. The molecule has 5 aliphatic carbocycles. The van der Waals surface area contributed by atoms with Gasteiger partial charge in [0.25, 0.3) is 0 Å². The molecule has 182 valence electrons. The third kappa shape index (κ3) is 2.90. The summed E-state index contributed by atoms with van der Waals surface area (Å²) in [6.45, 7) is 7.63. The molecule has 2 bridgehead atoms. The summed E-state index contributed by atoms with van der Waals surface area (Å²) in [4.78, 5) is 27.4. The Hall–Kier alpha value is -1.50. The molecule has 8 atom stereocenters. The third-order valence-corrected chi connectivity index (χ3v) is 10.1. The Labute approximate surface area is 196 Å². The number of hydrogen-bond donors (Lipinski definition) is 3. The smallest absolute Gasteiger partial charge is 0.309 e. The molecule has 33 heavy (non-hydrogen) atoms. The first-order valence-corrected chi connectivity index (χ1v) is 12.7. The van der Waals surface area contributed by atoms with Crippen LogP contribution in [-0.4, -0.2) is 51.5 Å². The maximum absolute atomic E-state index is 14.3. The van der Waals surface area contributed by atoms with Crippen LogP contribution in [0.4, 0.5) is 0 Å². The molecule has 0 aromatic carbocycles. The topological polar surface area (TPSA) is 104 Å². The number of aliphatic hydroxyl groups is 3. The molecule has 0 radical (unpaired) electrons. The fraction of sp³-hybridized carbons (Fsp3) is 0.778. The second-order valence-corrected chi connectivity index (χ2v) is 12.0. The summed E-state index contributed by atoms with van der Waals surface area (Å²) in [7, 11) is 0. The molecule has 6 nitrogen and oxygen atoms in total. The number of carbonyl (C=O) groups excluding carboxylic acids is 2. The molecule has 3 fully saturated rings. The predicted octanol–water partition coefficient (Wildman–Crippen LogP) is 2.95. The second-order valence-electron chi connectivity index (χ2n) is 12.0. The van der Waals surface area contributed by atoms with Crippen molar-refractivity contribution in [1.82, 2.24) is 0 Å². The van der Waals surface area contributed by atoms with Gasteiger partial charge in [0.05, 0.1) is 17.9 Å². The SMILES string of the molecule is CC1=CC23C(=O)C(C=C(CO)C(O)C2(O)C1OC(=O)C1CCCCC1)C1C(C[C@H]3C)C1(C)C. The molecule has 1 spiro atoms. The first-order valence-electron chi connectivity index (χ1n) is 12.7. The number of aliphatic hydroxyl groups excluding tert-OH is 2. The van der Waals surface area contributed by atoms with Crippen LogP contribution < -0.4 is 0 Å². The van der Waals surface area contributed by atoms with Crippen LogP contribution in [-0.2, 0) is 14.3 Å². The number of ketones is 1. The number of fused-ring (bicyclic) bond motifs is 3. The molecule has 3 N–H and O–H groups in total. The highest BCUT2D eigenvalue weighted by Gasteiger charge is 2.76. The lowest BCUT2D eigenvalue weighted by Crippen LogP contribution is -2.66. The van der Waals surface area contributed by atoms with E-state index in [1.165, 1.54) is 0 Å². The quantitative estimate of drug-likeness (QED) is 0.444. The first kappa shape index (κ1) is 23.3. The standard InChI is InChI=1S/C27H38O6/c1-14-12-26-15(2)10-19-20(25(19,3)4)18(22(26)30)11-17(13-28)21(29)27(26,32)23(14)33-24(31)16-8-6-5-7-9-16/h11-12,15-16,18-21,23,28-29,32H,5-10,13H2,1-4H3/t15-,18?,19?,20?,21?,23?,26?,27?/m1/s1. The van der Waals surface area contributed by atoms with Crippen LogP contribution in [0.5, 0.6) is 0 Å². The summed E-state index contributed by atoms with van der Waals surface area (Å²) >= 11 is 0. The van der Waals surface area contributed by atoms with Crippen molar-refractivity contribution in [2.24, 2.45) is 40.4 Å². The van der Waals surface area contributed by atoms with E-state index in [4.69, 9.17) is 4.74 Å². The van der Waals surface area contributed by atoms with E-state index in [-0.39, 0.29) is 40.5 Å². The highest BCUT2D eigenvalue weighted by atomic mass is 16.6. The van der Waals surface area contributed by atoms with Gasteiger partial charge in [-0.2, -0.15) is 0 Å². The maximum Gasteiger partial charge on any atom is 0.309 e. The van der Waals surface area contributed by atoms with Gasteiger partial charge in [0, 0.05) is 5.92 Å². The summed E-state index contributed by atoms with van der Waals surface area (Å²) in [5.41, 5.74) is -2.56. The number of carbonyl (C=O) groups is 2. The Bertz CT molecular complexity index is 927. The van der Waals surface area contributed by atoms with Crippen molar-refractivity contribution in [1.29, 1.82) is 0 Å². The molecule has 0 heterocycles. The zero-order chi connectivity index (χ0) is 23.9. The van der Waals surface area contributed by atoms with E-state index < -0.39 is 35.7 Å². The van der Waals surface area contributed by atoms with Gasteiger partial charge >= 0.3 is 5.97 Å². The number of rotatable bonds is 3. The maximum atomic E-state index is 14.3. The number of hydrogen-bond acceptors (Lipinski definition) is 6. The highest BCUT2D eigenvalue weighted by Crippen LogP contribution is 2.71. The van der Waals surface area contributed by atoms with Crippen molar-refractivity contribution in [3.8, 4) is 0 Å². The molecule has 0 aromatic rings. The van der Waals surface area contributed by atoms with Gasteiger partial charge in [0.1, 0.15) is 6.10 Å². The molecule has 6 heteroatoms. The van der Waals surface area contributed by atoms with Gasteiger partial charge in [0.2, 0.25) is 0 Å². The minimum absolute atomic E-state index is 0.00904. The van der Waals surface area contributed by atoms with Gasteiger partial charge in [-0.15, -0.1) is 0 Å². The number of allylic oxidation sites excluding steroid dienone is 1. The van der Waals surface area contributed by atoms with Crippen LogP contribution in [0.3, 0.4) is 0 Å². The van der Waals surface area contributed by atoms with Crippen LogP contribution in [0.1, 0.15) is 66.2 Å². The molecular formula is C27H38O6. The van der Waals surface area contributed by atoms with Crippen molar-refractivity contribution >= 4 is 11.8 Å². The van der Waals surface area contributed by atoms with Crippen molar-refractivity contribution < 1.29 is 29.6 Å². The van der Waals surface area contributed by atoms with E-state index in [2.05, 4.69) is 13.8 Å². The van der Waals surface area contributed by atoms with Crippen LogP contribution in [0.2, 0.25) is 0 Å². The minimum atomic E-state index is -2.04. The third-order valence-electron chi connectivity index (χ3n) is 10.1. The Balaban J connectivity index is 1.60. The summed E-state index contributed by atoms with van der Waals surface area (Å²) in [6, 6.07) is 0. The van der Waals surface area contributed by atoms with E-state index in [0.717, 1.165) is 38.5 Å². The summed E-state index contributed by atoms with van der Waals surface area (Å²) in [6.07, 6.45) is 6.21. The second kappa shape index (κ2) is 7.50. The van der Waals surface area contributed by atoms with Crippen molar-refractivity contribution in [2.45, 2.75) is 84.0 Å². The largest absolute Gasteiger partial charge is 0.454 e. The number of esters is 1. The lowest BCUT2D eigenvalue weighted by Gasteiger charge is -2.49. The van der Waals surface area contributed by atoms with Gasteiger partial charge in [-0.05, 0) is 60.5 Å². The Morgan fingerprint density at radius 2 is 1.88 bits per heavy atom. The summed E-state index contributed by atoms with van der Waals surface area (Å²) < 4.78 is 5.98. The van der Waals surface area contributed by atoms with E-state index in [1.54, 1.807) is 19.1 Å². The molecule has 5 rings (SSSR count). The average molecular weight is 459 g/mol. The normalized spacial score (nSPS) is 46.3. The molecular weight excluding hydrogens is 420 g/mol. The minimum Gasteiger partial charge on any atom is -0.454 e. The van der Waals surface area contributed by atoms with Gasteiger partial charge in [-0.3, -0.25) is 9.59 Å². The van der Waals surface area contributed by atoms with Crippen molar-refractivity contribution in [3.63, 3.8) is 0 Å². The zero-order valence-electron chi connectivity index (χ0n) is 20.2. The van der Waals surface area contributed by atoms with Crippen molar-refractivity contribution in [3.05, 3.63) is 23.3 Å². The predicted molar refractivity (Wildman–Crippen MR) is 122 cm³/mol. The van der Waals surface area contributed by atoms with Crippen LogP contribution in [0, 0.1) is 40.4 Å². The van der Waals surface area contributed by atoms with Crippen molar-refractivity contribution in [2.75, 3.05) is 6.61 Å². The van der Waals surface area contributed by atoms with Gasteiger partial charge < -0.3 is 20.1 Å². The molecule has 0 saturated heterocycles. The van der Waals surface area contributed by atoms with Gasteiger partial charge in [0.15, 0.2) is 17.5 Å². The zero-order valence-corrected chi connectivity index (χ0v) is 20.2. The fourth-order valence-electron chi connectivity index (χ4n) is 8.14. The Morgan fingerprint density at radius 1 is 1.21 bits per heavy atom. The van der Waals surface area contributed by atoms with Gasteiger partial charge in [-0.25, -0.2) is 0 Å².